The molecule has 0 radical (unpaired) electrons. The van der Waals surface area contributed by atoms with Gasteiger partial charge < -0.3 is 0 Å². The number of hydrogen-bond donors (Lipinski definition) is 0. The zero-order chi connectivity index (χ0) is 10.1. The van der Waals surface area contributed by atoms with Crippen molar-refractivity contribution in [2.24, 2.45) is 0 Å². The number of rotatable bonds is 2. The number of carbonyl (C=O) groups excluding carboxylic acids is 1. The molecule has 0 saturated heterocycles. The summed E-state index contributed by atoms with van der Waals surface area (Å²) in [6, 6.07) is 3.70. The van der Waals surface area contributed by atoms with Crippen LogP contribution >= 0.6 is 34.7 Å². The van der Waals surface area contributed by atoms with Crippen LogP contribution in [0.15, 0.2) is 22.4 Å². The molecule has 4 heteroatoms. The number of benzene rings is 1. The van der Waals surface area contributed by atoms with Gasteiger partial charge in [0.25, 0.3) is 0 Å². The fourth-order valence-corrected chi connectivity index (χ4v) is 3.58. The first kappa shape index (κ1) is 10.0. The Balaban J connectivity index is 2.83. The molecule has 72 valence electrons. The van der Waals surface area contributed by atoms with E-state index in [1.54, 1.807) is 29.2 Å². The van der Waals surface area contributed by atoms with Crippen molar-refractivity contribution in [2.75, 3.05) is 6.26 Å². The zero-order valence-corrected chi connectivity index (χ0v) is 9.80. The molecule has 1 nitrogen and oxygen atoms in total. The predicted octanol–water partition coefficient (Wildman–Crippen LogP) is 4.09. The molecular weight excluding hydrogens is 236 g/mol. The zero-order valence-electron chi connectivity index (χ0n) is 7.41. The molecule has 0 N–H and O–H groups in total. The van der Waals surface area contributed by atoms with Crippen LogP contribution in [0.5, 0.6) is 0 Å². The molecule has 0 spiro atoms. The monoisotopic (exact) mass is 242 g/mol. The van der Waals surface area contributed by atoms with Crippen LogP contribution in [-0.2, 0) is 0 Å². The molecule has 14 heavy (non-hydrogen) atoms. The van der Waals surface area contributed by atoms with Gasteiger partial charge in [0.1, 0.15) is 0 Å². The summed E-state index contributed by atoms with van der Waals surface area (Å²) in [5, 5.41) is 3.65. The third kappa shape index (κ3) is 1.45. The maximum absolute atomic E-state index is 10.7. The van der Waals surface area contributed by atoms with Gasteiger partial charge in [0.2, 0.25) is 0 Å². The van der Waals surface area contributed by atoms with Gasteiger partial charge in [-0.15, -0.1) is 23.1 Å². The van der Waals surface area contributed by atoms with Gasteiger partial charge in [0, 0.05) is 25.9 Å². The highest BCUT2D eigenvalue weighted by Gasteiger charge is 2.10. The molecule has 2 rings (SSSR count). The van der Waals surface area contributed by atoms with Crippen molar-refractivity contribution in [3.63, 3.8) is 0 Å². The maximum Gasteiger partial charge on any atom is 0.151 e. The maximum atomic E-state index is 10.7. The Morgan fingerprint density at radius 1 is 1.50 bits per heavy atom. The summed E-state index contributed by atoms with van der Waals surface area (Å²) in [4.78, 5) is 11.8. The first-order chi connectivity index (χ1) is 6.77. The summed E-state index contributed by atoms with van der Waals surface area (Å²) in [5.41, 5.74) is 0.563. The Labute approximate surface area is 95.1 Å². The van der Waals surface area contributed by atoms with E-state index in [0.717, 1.165) is 21.3 Å². The molecule has 1 aromatic heterocycles. The lowest BCUT2D eigenvalue weighted by molar-refractivity contribution is 0.112. The number of carbonyl (C=O) groups is 1. The van der Waals surface area contributed by atoms with E-state index < -0.39 is 0 Å². The van der Waals surface area contributed by atoms with Gasteiger partial charge in [-0.1, -0.05) is 11.6 Å². The van der Waals surface area contributed by atoms with Gasteiger partial charge in [0.05, 0.1) is 5.02 Å². The van der Waals surface area contributed by atoms with Crippen LogP contribution in [0.2, 0.25) is 5.02 Å². The number of halogens is 1. The van der Waals surface area contributed by atoms with Crippen molar-refractivity contribution in [2.45, 2.75) is 4.90 Å². The Bertz CT molecular complexity index is 490. The highest BCUT2D eigenvalue weighted by molar-refractivity contribution is 7.99. The van der Waals surface area contributed by atoms with Crippen molar-refractivity contribution in [3.8, 4) is 0 Å². The van der Waals surface area contributed by atoms with Crippen LogP contribution in [0.1, 0.15) is 10.4 Å². The normalized spacial score (nSPS) is 10.7. The van der Waals surface area contributed by atoms with Gasteiger partial charge in [-0.3, -0.25) is 4.79 Å². The van der Waals surface area contributed by atoms with E-state index in [1.807, 2.05) is 12.3 Å². The van der Waals surface area contributed by atoms with Crippen molar-refractivity contribution in [3.05, 3.63) is 28.1 Å². The fourth-order valence-electron chi connectivity index (χ4n) is 1.32. The molecule has 0 unspecified atom stereocenters. The van der Waals surface area contributed by atoms with E-state index >= 15 is 0 Å². The molecule has 0 saturated carbocycles. The lowest BCUT2D eigenvalue weighted by atomic mass is 10.2. The highest BCUT2D eigenvalue weighted by atomic mass is 35.5. The van der Waals surface area contributed by atoms with E-state index in [0.29, 0.717) is 10.6 Å². The quantitative estimate of drug-likeness (QED) is 0.583. The number of aldehydes is 1. The van der Waals surface area contributed by atoms with Crippen LogP contribution < -0.4 is 0 Å². The molecule has 0 atom stereocenters. The van der Waals surface area contributed by atoms with Crippen molar-refractivity contribution >= 4 is 51.1 Å². The SMILES string of the molecule is CSc1csc2ccc(C=O)c(Cl)c12. The number of fused-ring (bicyclic) bond motifs is 1. The van der Waals surface area contributed by atoms with Crippen molar-refractivity contribution in [1.29, 1.82) is 0 Å². The van der Waals surface area contributed by atoms with Crippen molar-refractivity contribution in [1.82, 2.24) is 0 Å². The smallest absolute Gasteiger partial charge is 0.151 e. The second kappa shape index (κ2) is 3.93. The molecule has 0 amide bonds. The first-order valence-corrected chi connectivity index (χ1v) is 6.45. The first-order valence-electron chi connectivity index (χ1n) is 3.96. The van der Waals surface area contributed by atoms with E-state index in [9.17, 15) is 4.79 Å². The van der Waals surface area contributed by atoms with Crippen LogP contribution in [0, 0.1) is 0 Å². The minimum atomic E-state index is 0.563. The van der Waals surface area contributed by atoms with Gasteiger partial charge in [0.15, 0.2) is 6.29 Å². The molecule has 0 bridgehead atoms. The van der Waals surface area contributed by atoms with Gasteiger partial charge in [-0.2, -0.15) is 0 Å². The largest absolute Gasteiger partial charge is 0.298 e. The van der Waals surface area contributed by atoms with Crippen LogP contribution in [-0.4, -0.2) is 12.5 Å². The summed E-state index contributed by atoms with van der Waals surface area (Å²) in [6.07, 6.45) is 2.80. The fraction of sp³-hybridized carbons (Fsp3) is 0.100. The minimum Gasteiger partial charge on any atom is -0.298 e. The lowest BCUT2D eigenvalue weighted by Crippen LogP contribution is -1.81. The minimum absolute atomic E-state index is 0.563. The molecular formula is C10H7ClOS2. The molecule has 0 aliphatic rings. The summed E-state index contributed by atoms with van der Waals surface area (Å²) < 4.78 is 1.13. The molecule has 2 aromatic rings. The summed E-state index contributed by atoms with van der Waals surface area (Å²) in [6.45, 7) is 0. The van der Waals surface area contributed by atoms with E-state index in [1.165, 1.54) is 0 Å². The summed E-state index contributed by atoms with van der Waals surface area (Å²) in [7, 11) is 0. The number of hydrogen-bond acceptors (Lipinski definition) is 3. The molecule has 0 fully saturated rings. The average Bonchev–Trinajstić information content (AvgIpc) is 2.62. The van der Waals surface area contributed by atoms with Crippen LogP contribution in [0.25, 0.3) is 10.1 Å². The number of thioether (sulfide) groups is 1. The molecule has 1 heterocycles. The van der Waals surface area contributed by atoms with E-state index in [2.05, 4.69) is 5.38 Å². The Hall–Kier alpha value is -0.510. The Kier molecular flexibility index (Phi) is 2.81. The lowest BCUT2D eigenvalue weighted by Gasteiger charge is -1.99. The predicted molar refractivity (Wildman–Crippen MR) is 64.0 cm³/mol. The van der Waals surface area contributed by atoms with E-state index in [-0.39, 0.29) is 0 Å². The highest BCUT2D eigenvalue weighted by Crippen LogP contribution is 2.38. The van der Waals surface area contributed by atoms with Gasteiger partial charge in [-0.05, 0) is 18.4 Å². The van der Waals surface area contributed by atoms with Crippen LogP contribution in [0.3, 0.4) is 0 Å². The average molecular weight is 243 g/mol. The second-order valence-electron chi connectivity index (χ2n) is 2.76. The Morgan fingerprint density at radius 2 is 2.29 bits per heavy atom. The molecule has 1 aromatic carbocycles. The van der Waals surface area contributed by atoms with Crippen molar-refractivity contribution < 1.29 is 4.79 Å². The van der Waals surface area contributed by atoms with Gasteiger partial charge >= 0.3 is 0 Å². The van der Waals surface area contributed by atoms with Crippen LogP contribution in [0.4, 0.5) is 0 Å². The topological polar surface area (TPSA) is 17.1 Å². The molecule has 0 aliphatic carbocycles. The van der Waals surface area contributed by atoms with E-state index in [4.69, 9.17) is 11.6 Å². The Morgan fingerprint density at radius 3 is 2.93 bits per heavy atom. The second-order valence-corrected chi connectivity index (χ2v) is 4.90. The third-order valence-electron chi connectivity index (χ3n) is 2.02. The molecule has 0 aliphatic heterocycles. The standard InChI is InChI=1S/C10H7ClOS2/c1-13-8-5-14-7-3-2-6(4-12)10(11)9(7)8/h2-5H,1H3. The summed E-state index contributed by atoms with van der Waals surface area (Å²) in [5.74, 6) is 0. The third-order valence-corrected chi connectivity index (χ3v) is 4.29. The number of thiophene rings is 1. The summed E-state index contributed by atoms with van der Waals surface area (Å²) >= 11 is 9.43. The van der Waals surface area contributed by atoms with Gasteiger partial charge in [-0.25, -0.2) is 0 Å².